The number of aryl methyl sites for hydroxylation is 2. The third-order valence-electron chi connectivity index (χ3n) is 3.63. The highest BCUT2D eigenvalue weighted by Crippen LogP contribution is 2.09. The van der Waals surface area contributed by atoms with Gasteiger partial charge in [0.25, 0.3) is 5.91 Å². The number of nitrogens with zero attached hydrogens (tertiary/aromatic N) is 1. The molecule has 0 fully saturated rings. The lowest BCUT2D eigenvalue weighted by molar-refractivity contribution is 0.0954. The van der Waals surface area contributed by atoms with Crippen molar-refractivity contribution in [2.45, 2.75) is 33.6 Å². The first-order valence-electron chi connectivity index (χ1n) is 7.61. The predicted octanol–water partition coefficient (Wildman–Crippen LogP) is 4.10. The average molecular weight is 294 g/mol. The van der Waals surface area contributed by atoms with Crippen LogP contribution < -0.4 is 5.43 Å². The topological polar surface area (TPSA) is 41.5 Å². The minimum atomic E-state index is -0.181. The molecule has 0 bridgehead atoms. The molecule has 1 N–H and O–H groups in total. The summed E-state index contributed by atoms with van der Waals surface area (Å²) in [6.45, 7) is 5.98. The van der Waals surface area contributed by atoms with E-state index in [1.165, 1.54) is 5.56 Å². The Bertz CT molecular complexity index is 672. The van der Waals surface area contributed by atoms with Crippen molar-refractivity contribution in [2.24, 2.45) is 5.10 Å². The van der Waals surface area contributed by atoms with Crippen molar-refractivity contribution in [3.05, 3.63) is 70.8 Å². The molecular weight excluding hydrogens is 272 g/mol. The molecule has 2 aromatic rings. The van der Waals surface area contributed by atoms with Gasteiger partial charge in [-0.25, -0.2) is 5.43 Å². The SMILES string of the molecule is CCCc1ccc(/C(C)=N/NC(=O)c2ccccc2C)cc1. The molecule has 22 heavy (non-hydrogen) atoms. The fourth-order valence-electron chi connectivity index (χ4n) is 2.29. The van der Waals surface area contributed by atoms with Crippen molar-refractivity contribution in [1.29, 1.82) is 0 Å². The van der Waals surface area contributed by atoms with Crippen molar-refractivity contribution in [2.75, 3.05) is 0 Å². The number of benzene rings is 2. The second-order valence-electron chi connectivity index (χ2n) is 5.40. The fraction of sp³-hybridized carbons (Fsp3) is 0.263. The molecule has 3 heteroatoms. The summed E-state index contributed by atoms with van der Waals surface area (Å²) in [5.41, 5.74) is 7.36. The van der Waals surface area contributed by atoms with E-state index in [4.69, 9.17) is 0 Å². The Kier molecular flexibility index (Phi) is 5.48. The Balaban J connectivity index is 2.06. The maximum absolute atomic E-state index is 12.1. The third kappa shape index (κ3) is 4.04. The highest BCUT2D eigenvalue weighted by atomic mass is 16.2. The van der Waals surface area contributed by atoms with Crippen molar-refractivity contribution in [3.63, 3.8) is 0 Å². The van der Waals surface area contributed by atoms with Gasteiger partial charge in [-0.15, -0.1) is 0 Å². The first-order chi connectivity index (χ1) is 10.6. The summed E-state index contributed by atoms with van der Waals surface area (Å²) in [7, 11) is 0. The van der Waals surface area contributed by atoms with Crippen LogP contribution in [0.4, 0.5) is 0 Å². The van der Waals surface area contributed by atoms with Crippen molar-refractivity contribution < 1.29 is 4.79 Å². The van der Waals surface area contributed by atoms with Gasteiger partial charge in [-0.2, -0.15) is 5.10 Å². The maximum Gasteiger partial charge on any atom is 0.271 e. The third-order valence-corrected chi connectivity index (χ3v) is 3.63. The molecule has 0 radical (unpaired) electrons. The lowest BCUT2D eigenvalue weighted by Crippen LogP contribution is -2.20. The highest BCUT2D eigenvalue weighted by Gasteiger charge is 2.07. The van der Waals surface area contributed by atoms with Crippen LogP contribution in [0.25, 0.3) is 0 Å². The summed E-state index contributed by atoms with van der Waals surface area (Å²) in [5, 5.41) is 4.20. The first kappa shape index (κ1) is 16.0. The Morgan fingerprint density at radius 3 is 2.41 bits per heavy atom. The van der Waals surface area contributed by atoms with E-state index in [-0.39, 0.29) is 5.91 Å². The molecule has 114 valence electrons. The summed E-state index contributed by atoms with van der Waals surface area (Å²) < 4.78 is 0. The van der Waals surface area contributed by atoms with Crippen LogP contribution in [0.1, 0.15) is 47.3 Å². The van der Waals surface area contributed by atoms with Gasteiger partial charge in [-0.05, 0) is 43.0 Å². The van der Waals surface area contributed by atoms with E-state index in [1.54, 1.807) is 6.07 Å². The van der Waals surface area contributed by atoms with E-state index >= 15 is 0 Å². The zero-order chi connectivity index (χ0) is 15.9. The quantitative estimate of drug-likeness (QED) is 0.654. The molecule has 0 aliphatic rings. The van der Waals surface area contributed by atoms with Crippen molar-refractivity contribution in [1.82, 2.24) is 5.43 Å². The fourth-order valence-corrected chi connectivity index (χ4v) is 2.29. The molecule has 0 aromatic heterocycles. The second kappa shape index (κ2) is 7.55. The standard InChI is InChI=1S/C19H22N2O/c1-4-7-16-10-12-17(13-11-16)15(3)20-21-19(22)18-9-6-5-8-14(18)2/h5-6,8-13H,4,7H2,1-3H3,(H,21,22)/b20-15+. The predicted molar refractivity (Wildman–Crippen MR) is 91.3 cm³/mol. The van der Waals surface area contributed by atoms with Crippen LogP contribution in [0.15, 0.2) is 53.6 Å². The summed E-state index contributed by atoms with van der Waals surface area (Å²) in [6.07, 6.45) is 2.22. The molecular formula is C19H22N2O. The lowest BCUT2D eigenvalue weighted by Gasteiger charge is -2.06. The normalized spacial score (nSPS) is 11.3. The van der Waals surface area contributed by atoms with Gasteiger partial charge in [0.2, 0.25) is 0 Å². The van der Waals surface area contributed by atoms with Gasteiger partial charge in [0.1, 0.15) is 0 Å². The number of carbonyl (C=O) groups excluding carboxylic acids is 1. The monoisotopic (exact) mass is 294 g/mol. The zero-order valence-corrected chi connectivity index (χ0v) is 13.4. The molecule has 0 aliphatic heterocycles. The summed E-state index contributed by atoms with van der Waals surface area (Å²) in [6, 6.07) is 15.8. The van der Waals surface area contributed by atoms with Crippen molar-refractivity contribution in [3.8, 4) is 0 Å². The number of amides is 1. The van der Waals surface area contributed by atoms with E-state index < -0.39 is 0 Å². The minimum absolute atomic E-state index is 0.181. The van der Waals surface area contributed by atoms with E-state index in [2.05, 4.69) is 29.6 Å². The lowest BCUT2D eigenvalue weighted by atomic mass is 10.1. The highest BCUT2D eigenvalue weighted by molar-refractivity contribution is 6.01. The average Bonchev–Trinajstić information content (AvgIpc) is 2.54. The van der Waals surface area contributed by atoms with Crippen molar-refractivity contribution >= 4 is 11.6 Å². The van der Waals surface area contributed by atoms with Crippen LogP contribution in [0, 0.1) is 6.92 Å². The molecule has 0 spiro atoms. The number of nitrogens with one attached hydrogen (secondary N) is 1. The summed E-state index contributed by atoms with van der Waals surface area (Å²) >= 11 is 0. The van der Waals surface area contributed by atoms with Gasteiger partial charge in [0.05, 0.1) is 5.71 Å². The Labute approximate surface area is 132 Å². The number of carbonyl (C=O) groups is 1. The van der Waals surface area contributed by atoms with Crippen LogP contribution >= 0.6 is 0 Å². The Morgan fingerprint density at radius 1 is 1.09 bits per heavy atom. The minimum Gasteiger partial charge on any atom is -0.267 e. The largest absolute Gasteiger partial charge is 0.271 e. The van der Waals surface area contributed by atoms with Crippen LogP contribution in [-0.2, 0) is 6.42 Å². The molecule has 2 aromatic carbocycles. The number of hydrogen-bond donors (Lipinski definition) is 1. The number of hydrogen-bond acceptors (Lipinski definition) is 2. The van der Waals surface area contributed by atoms with Crippen LogP contribution in [0.2, 0.25) is 0 Å². The molecule has 0 saturated heterocycles. The summed E-state index contributed by atoms with van der Waals surface area (Å²) in [4.78, 5) is 12.1. The number of hydrazone groups is 1. The molecule has 0 atom stereocenters. The van der Waals surface area contributed by atoms with Gasteiger partial charge >= 0.3 is 0 Å². The van der Waals surface area contributed by atoms with Crippen LogP contribution in [0.3, 0.4) is 0 Å². The van der Waals surface area contributed by atoms with Gasteiger partial charge in [-0.3, -0.25) is 4.79 Å². The molecule has 0 heterocycles. The summed E-state index contributed by atoms with van der Waals surface area (Å²) in [5.74, 6) is -0.181. The molecule has 0 unspecified atom stereocenters. The molecule has 3 nitrogen and oxygen atoms in total. The van der Waals surface area contributed by atoms with Gasteiger partial charge in [0.15, 0.2) is 0 Å². The molecule has 0 saturated carbocycles. The maximum atomic E-state index is 12.1. The molecule has 2 rings (SSSR count). The van der Waals surface area contributed by atoms with Gasteiger partial charge in [-0.1, -0.05) is 55.8 Å². The van der Waals surface area contributed by atoms with E-state index in [9.17, 15) is 4.79 Å². The van der Waals surface area contributed by atoms with Crippen LogP contribution in [-0.4, -0.2) is 11.6 Å². The van der Waals surface area contributed by atoms with Gasteiger partial charge < -0.3 is 0 Å². The molecule has 1 amide bonds. The smallest absolute Gasteiger partial charge is 0.267 e. The Hall–Kier alpha value is -2.42. The molecule has 0 aliphatic carbocycles. The van der Waals surface area contributed by atoms with Gasteiger partial charge in [0, 0.05) is 5.56 Å². The van der Waals surface area contributed by atoms with Crippen LogP contribution in [0.5, 0.6) is 0 Å². The first-order valence-corrected chi connectivity index (χ1v) is 7.61. The Morgan fingerprint density at radius 2 is 1.77 bits per heavy atom. The zero-order valence-electron chi connectivity index (χ0n) is 13.4. The van der Waals surface area contributed by atoms with E-state index in [0.717, 1.165) is 29.7 Å². The van der Waals surface area contributed by atoms with E-state index in [0.29, 0.717) is 5.56 Å². The number of rotatable bonds is 5. The van der Waals surface area contributed by atoms with E-state index in [1.807, 2.05) is 44.2 Å². The second-order valence-corrected chi connectivity index (χ2v) is 5.40.